The van der Waals surface area contributed by atoms with Gasteiger partial charge in [0.15, 0.2) is 0 Å². The molecule has 1 saturated heterocycles. The lowest BCUT2D eigenvalue weighted by Crippen LogP contribution is -2.53. The first kappa shape index (κ1) is 15.6. The van der Waals surface area contributed by atoms with Gasteiger partial charge in [0, 0.05) is 24.8 Å². The number of morpholine rings is 1. The van der Waals surface area contributed by atoms with Gasteiger partial charge in [0.2, 0.25) is 5.91 Å². The fraction of sp³-hybridized carbons (Fsp3) is 0.533. The fourth-order valence-corrected chi connectivity index (χ4v) is 2.66. The van der Waals surface area contributed by atoms with Crippen molar-refractivity contribution in [3.63, 3.8) is 0 Å². The predicted molar refractivity (Wildman–Crippen MR) is 79.6 cm³/mol. The smallest absolute Gasteiger partial charge is 0.244 e. The largest absolute Gasteiger partial charge is 0.496 e. The minimum absolute atomic E-state index is 0.103. The minimum Gasteiger partial charge on any atom is -0.496 e. The third-order valence-corrected chi connectivity index (χ3v) is 3.67. The van der Waals surface area contributed by atoms with Crippen LogP contribution in [-0.4, -0.2) is 51.0 Å². The highest BCUT2D eigenvalue weighted by Gasteiger charge is 2.31. The van der Waals surface area contributed by atoms with Crippen LogP contribution >= 0.6 is 0 Å². The molecule has 1 aliphatic heterocycles. The number of carbonyl (C=O) groups excluding carboxylic acids is 1. The summed E-state index contributed by atoms with van der Waals surface area (Å²) < 4.78 is 10.8. The minimum atomic E-state index is -0.690. The molecule has 6 nitrogen and oxygen atoms in total. The van der Waals surface area contributed by atoms with Crippen LogP contribution in [0.2, 0.25) is 0 Å². The van der Waals surface area contributed by atoms with Crippen molar-refractivity contribution in [1.29, 1.82) is 0 Å². The van der Waals surface area contributed by atoms with Crippen molar-refractivity contribution in [2.24, 2.45) is 0 Å². The number of hydrogen-bond donors (Lipinski definition) is 2. The molecule has 1 aromatic rings. The molecular weight excluding hydrogens is 272 g/mol. The number of aliphatic hydroxyl groups is 1. The highest BCUT2D eigenvalue weighted by atomic mass is 16.5. The molecule has 0 spiro atoms. The molecule has 2 atom stereocenters. The van der Waals surface area contributed by atoms with Crippen LogP contribution in [0.4, 0.5) is 5.69 Å². The van der Waals surface area contributed by atoms with Gasteiger partial charge in [-0.2, -0.15) is 0 Å². The van der Waals surface area contributed by atoms with Crippen molar-refractivity contribution in [3.05, 3.63) is 23.8 Å². The summed E-state index contributed by atoms with van der Waals surface area (Å²) in [5.74, 6) is 0.513. The Morgan fingerprint density at radius 1 is 1.57 bits per heavy atom. The Hall–Kier alpha value is -1.79. The third kappa shape index (κ3) is 3.11. The van der Waals surface area contributed by atoms with E-state index >= 15 is 0 Å². The Morgan fingerprint density at radius 3 is 2.95 bits per heavy atom. The monoisotopic (exact) mass is 294 g/mol. The summed E-state index contributed by atoms with van der Waals surface area (Å²) in [4.78, 5) is 14.0. The number of carbonyl (C=O) groups is 1. The van der Waals surface area contributed by atoms with E-state index in [0.29, 0.717) is 31.1 Å². The van der Waals surface area contributed by atoms with Gasteiger partial charge in [-0.15, -0.1) is 0 Å². The van der Waals surface area contributed by atoms with Crippen LogP contribution in [0.3, 0.4) is 0 Å². The molecule has 1 amide bonds. The number of aliphatic hydroxyl groups excluding tert-OH is 1. The van der Waals surface area contributed by atoms with Gasteiger partial charge in [0.05, 0.1) is 26.4 Å². The molecule has 116 valence electrons. The SMILES string of the molecule is CNC(=O)C1COCCN1c1cccc(OC)c1[C@@H](C)O. The molecule has 1 heterocycles. The number of nitrogens with zero attached hydrogens (tertiary/aromatic N) is 1. The standard InChI is InChI=1S/C15H22N2O4/c1-10(18)14-11(5-4-6-13(14)20-3)17-7-8-21-9-12(17)15(19)16-2/h4-6,10,12,18H,7-9H2,1-3H3,(H,16,19)/t10-,12?/m1/s1. The summed E-state index contributed by atoms with van der Waals surface area (Å²) in [5, 5.41) is 12.7. The molecule has 0 aromatic heterocycles. The number of hydrogen-bond acceptors (Lipinski definition) is 5. The first-order chi connectivity index (χ1) is 10.1. The van der Waals surface area contributed by atoms with E-state index in [4.69, 9.17) is 9.47 Å². The summed E-state index contributed by atoms with van der Waals surface area (Å²) in [6, 6.07) is 5.15. The highest BCUT2D eigenvalue weighted by molar-refractivity contribution is 5.86. The van der Waals surface area contributed by atoms with E-state index < -0.39 is 12.1 Å². The molecule has 1 fully saturated rings. The van der Waals surface area contributed by atoms with E-state index in [9.17, 15) is 9.90 Å². The molecule has 2 N–H and O–H groups in total. The first-order valence-corrected chi connectivity index (χ1v) is 7.01. The normalized spacial score (nSPS) is 20.0. The van der Waals surface area contributed by atoms with Gasteiger partial charge in [-0.1, -0.05) is 6.07 Å². The van der Waals surface area contributed by atoms with Gasteiger partial charge >= 0.3 is 0 Å². The summed E-state index contributed by atoms with van der Waals surface area (Å²) in [5.41, 5.74) is 1.50. The van der Waals surface area contributed by atoms with Crippen LogP contribution < -0.4 is 15.0 Å². The van der Waals surface area contributed by atoms with Crippen molar-refractivity contribution in [2.75, 3.05) is 38.8 Å². The molecule has 1 aliphatic rings. The predicted octanol–water partition coefficient (Wildman–Crippen LogP) is 0.700. The molecule has 0 saturated carbocycles. The second-order valence-corrected chi connectivity index (χ2v) is 4.97. The highest BCUT2D eigenvalue weighted by Crippen LogP contribution is 2.36. The van der Waals surface area contributed by atoms with Crippen molar-refractivity contribution < 1.29 is 19.4 Å². The molecule has 6 heteroatoms. The second-order valence-electron chi connectivity index (χ2n) is 4.97. The number of likely N-dealkylation sites (N-methyl/N-ethyl adjacent to an activating group) is 1. The van der Waals surface area contributed by atoms with Crippen molar-refractivity contribution in [1.82, 2.24) is 5.32 Å². The van der Waals surface area contributed by atoms with Gasteiger partial charge in [-0.05, 0) is 19.1 Å². The zero-order valence-corrected chi connectivity index (χ0v) is 12.6. The molecule has 0 bridgehead atoms. The van der Waals surface area contributed by atoms with Crippen LogP contribution in [-0.2, 0) is 9.53 Å². The van der Waals surface area contributed by atoms with Crippen molar-refractivity contribution in [2.45, 2.75) is 19.1 Å². The zero-order valence-electron chi connectivity index (χ0n) is 12.6. The lowest BCUT2D eigenvalue weighted by Gasteiger charge is -2.37. The number of rotatable bonds is 4. The number of ether oxygens (including phenoxy) is 2. The Balaban J connectivity index is 2.45. The molecule has 0 aliphatic carbocycles. The van der Waals surface area contributed by atoms with Gasteiger partial charge < -0.3 is 24.8 Å². The number of methoxy groups -OCH3 is 1. The van der Waals surface area contributed by atoms with E-state index in [-0.39, 0.29) is 5.91 Å². The summed E-state index contributed by atoms with van der Waals surface area (Å²) in [6.45, 7) is 3.15. The van der Waals surface area contributed by atoms with Crippen molar-refractivity contribution >= 4 is 11.6 Å². The topological polar surface area (TPSA) is 71.0 Å². The molecule has 1 aromatic carbocycles. The quantitative estimate of drug-likeness (QED) is 0.855. The Kier molecular flexibility index (Phi) is 5.03. The number of nitrogens with one attached hydrogen (secondary N) is 1. The van der Waals surface area contributed by atoms with Crippen LogP contribution in [0.25, 0.3) is 0 Å². The van der Waals surface area contributed by atoms with E-state index in [1.807, 2.05) is 17.0 Å². The number of amides is 1. The number of anilines is 1. The van der Waals surface area contributed by atoms with Crippen LogP contribution in [0.1, 0.15) is 18.6 Å². The lowest BCUT2D eigenvalue weighted by atomic mass is 10.0. The van der Waals surface area contributed by atoms with Gasteiger partial charge in [0.1, 0.15) is 11.8 Å². The maximum absolute atomic E-state index is 12.1. The Morgan fingerprint density at radius 2 is 2.33 bits per heavy atom. The van der Waals surface area contributed by atoms with E-state index in [2.05, 4.69) is 5.32 Å². The maximum Gasteiger partial charge on any atom is 0.244 e. The van der Waals surface area contributed by atoms with E-state index in [0.717, 1.165) is 5.69 Å². The van der Waals surface area contributed by atoms with E-state index in [1.54, 1.807) is 27.1 Å². The van der Waals surface area contributed by atoms with Gasteiger partial charge in [-0.3, -0.25) is 4.79 Å². The van der Waals surface area contributed by atoms with E-state index in [1.165, 1.54) is 0 Å². The average molecular weight is 294 g/mol. The average Bonchev–Trinajstić information content (AvgIpc) is 2.53. The second kappa shape index (κ2) is 6.78. The Labute approximate surface area is 124 Å². The molecule has 21 heavy (non-hydrogen) atoms. The third-order valence-electron chi connectivity index (χ3n) is 3.67. The first-order valence-electron chi connectivity index (χ1n) is 7.01. The molecule has 0 radical (unpaired) electrons. The lowest BCUT2D eigenvalue weighted by molar-refractivity contribution is -0.124. The maximum atomic E-state index is 12.1. The fourth-order valence-electron chi connectivity index (χ4n) is 2.66. The van der Waals surface area contributed by atoms with Crippen molar-refractivity contribution in [3.8, 4) is 5.75 Å². The van der Waals surface area contributed by atoms with Crippen LogP contribution in [0.15, 0.2) is 18.2 Å². The summed E-state index contributed by atoms with van der Waals surface area (Å²) in [6.07, 6.45) is -0.690. The summed E-state index contributed by atoms with van der Waals surface area (Å²) >= 11 is 0. The number of benzene rings is 1. The molecular formula is C15H22N2O4. The summed E-state index contributed by atoms with van der Waals surface area (Å²) in [7, 11) is 3.18. The van der Waals surface area contributed by atoms with Gasteiger partial charge in [0.25, 0.3) is 0 Å². The Bertz CT molecular complexity index is 504. The van der Waals surface area contributed by atoms with Crippen LogP contribution in [0.5, 0.6) is 5.75 Å². The van der Waals surface area contributed by atoms with Gasteiger partial charge in [-0.25, -0.2) is 0 Å². The molecule has 1 unspecified atom stereocenters. The van der Waals surface area contributed by atoms with Crippen LogP contribution in [0, 0.1) is 0 Å². The zero-order chi connectivity index (χ0) is 15.4. The molecule has 2 rings (SSSR count).